The number of unbranched alkanes of at least 4 members (excludes halogenated alkanes) is 30. The van der Waals surface area contributed by atoms with Crippen LogP contribution in [0.1, 0.15) is 310 Å². The van der Waals surface area contributed by atoms with Gasteiger partial charge in [0.1, 0.15) is 13.2 Å². The van der Waals surface area contributed by atoms with E-state index >= 15 is 0 Å². The van der Waals surface area contributed by atoms with Crippen molar-refractivity contribution in [3.8, 4) is 0 Å². The fourth-order valence-corrected chi connectivity index (χ4v) is 9.17. The van der Waals surface area contributed by atoms with Crippen LogP contribution in [0.25, 0.3) is 0 Å². The third kappa shape index (κ3) is 62.9. The lowest BCUT2D eigenvalue weighted by Crippen LogP contribution is -2.30. The number of ether oxygens (including phenoxy) is 3. The first-order valence-corrected chi connectivity index (χ1v) is 32.9. The van der Waals surface area contributed by atoms with Crippen molar-refractivity contribution in [2.24, 2.45) is 0 Å². The van der Waals surface area contributed by atoms with Gasteiger partial charge in [0.25, 0.3) is 0 Å². The Hall–Kier alpha value is -3.93. The molecule has 0 saturated carbocycles. The van der Waals surface area contributed by atoms with Crippen LogP contribution in [0.2, 0.25) is 0 Å². The van der Waals surface area contributed by atoms with E-state index in [1.165, 1.54) is 122 Å². The smallest absolute Gasteiger partial charge is 0.306 e. The van der Waals surface area contributed by atoms with Crippen molar-refractivity contribution in [3.63, 3.8) is 0 Å². The maximum atomic E-state index is 12.9. The summed E-state index contributed by atoms with van der Waals surface area (Å²) in [6.07, 6.45) is 89.5. The Bertz CT molecular complexity index is 1570. The van der Waals surface area contributed by atoms with Crippen molar-refractivity contribution in [1.29, 1.82) is 0 Å². The SMILES string of the molecule is CC/C=C\C/C=C\C/C=C\C/C=C\C/C=C\CCCCCCCC(=O)OCC(COC(=O)CCCCCCCC/C=C\C/C=C\C/C=C\C/C=C\CC)OC(=O)CCCCCCCCCCCCCCCCCCCCCC. The molecule has 1 atom stereocenters. The molecule has 0 saturated heterocycles. The van der Waals surface area contributed by atoms with Crippen molar-refractivity contribution in [2.75, 3.05) is 13.2 Å². The van der Waals surface area contributed by atoms with Gasteiger partial charge >= 0.3 is 17.9 Å². The van der Waals surface area contributed by atoms with E-state index in [1.807, 2.05) is 0 Å². The number of hydrogen-bond donors (Lipinski definition) is 0. The van der Waals surface area contributed by atoms with Gasteiger partial charge in [-0.3, -0.25) is 14.4 Å². The van der Waals surface area contributed by atoms with Gasteiger partial charge in [-0.25, -0.2) is 0 Å². The number of carbonyl (C=O) groups is 3. The molecule has 0 aliphatic carbocycles. The zero-order valence-corrected chi connectivity index (χ0v) is 51.2. The minimum absolute atomic E-state index is 0.0910. The summed E-state index contributed by atoms with van der Waals surface area (Å²) in [7, 11) is 0. The van der Waals surface area contributed by atoms with Crippen LogP contribution in [0, 0.1) is 0 Å². The monoisotopic (exact) mass is 1080 g/mol. The second-order valence-electron chi connectivity index (χ2n) is 21.6. The van der Waals surface area contributed by atoms with Crippen molar-refractivity contribution >= 4 is 17.9 Å². The molecule has 1 unspecified atom stereocenters. The molecule has 0 N–H and O–H groups in total. The quantitative estimate of drug-likeness (QED) is 0.0261. The lowest BCUT2D eigenvalue weighted by Gasteiger charge is -2.18. The van der Waals surface area contributed by atoms with Crippen molar-refractivity contribution in [3.05, 3.63) is 109 Å². The number of carbonyl (C=O) groups excluding carboxylic acids is 3. The molecule has 0 radical (unpaired) electrons. The summed E-state index contributed by atoms with van der Waals surface area (Å²) in [6.45, 7) is 6.42. The first-order valence-electron chi connectivity index (χ1n) is 32.9. The maximum absolute atomic E-state index is 12.9. The first kappa shape index (κ1) is 74.1. The topological polar surface area (TPSA) is 78.9 Å². The van der Waals surface area contributed by atoms with Gasteiger partial charge in [-0.05, 0) is 103 Å². The van der Waals surface area contributed by atoms with E-state index in [9.17, 15) is 14.4 Å². The van der Waals surface area contributed by atoms with Crippen molar-refractivity contribution in [2.45, 2.75) is 316 Å². The fourth-order valence-electron chi connectivity index (χ4n) is 9.17. The van der Waals surface area contributed by atoms with Crippen LogP contribution < -0.4 is 0 Å². The zero-order chi connectivity index (χ0) is 56.4. The highest BCUT2D eigenvalue weighted by atomic mass is 16.6. The molecule has 0 heterocycles. The van der Waals surface area contributed by atoms with Crippen LogP contribution in [0.15, 0.2) is 109 Å². The Kier molecular flexibility index (Phi) is 62.3. The molecule has 0 aromatic carbocycles. The van der Waals surface area contributed by atoms with Gasteiger partial charge in [0.15, 0.2) is 6.10 Å². The van der Waals surface area contributed by atoms with Gasteiger partial charge in [0, 0.05) is 19.3 Å². The molecule has 0 aliphatic heterocycles. The van der Waals surface area contributed by atoms with Gasteiger partial charge in [0.05, 0.1) is 0 Å². The summed E-state index contributed by atoms with van der Waals surface area (Å²) >= 11 is 0. The molecule has 0 amide bonds. The zero-order valence-electron chi connectivity index (χ0n) is 51.2. The van der Waals surface area contributed by atoms with Gasteiger partial charge in [-0.2, -0.15) is 0 Å². The average molecular weight is 1080 g/mol. The van der Waals surface area contributed by atoms with Crippen LogP contribution >= 0.6 is 0 Å². The number of esters is 3. The molecule has 0 spiro atoms. The molecule has 0 rings (SSSR count). The standard InChI is InChI=1S/C72H122O6/c1-4-7-10-13-16-19-22-25-28-31-34-36-39-41-44-47-50-53-56-59-62-65-71(74)77-68-69(67-76-70(73)64-61-58-55-52-49-46-43-40-37-33-30-27-24-21-18-15-12-9-6-3)78-72(75)66-63-60-57-54-51-48-45-42-38-35-32-29-26-23-20-17-14-11-8-5-2/h7,9-10,12,16,18-19,21,25,27-28,30,34,36-37,40-41,44,69H,4-6,8,11,13-15,17,20,22-24,26,29,31-33,35,38-39,42-43,45-68H2,1-3H3/b10-7-,12-9-,19-16-,21-18-,28-25-,30-27-,36-34-,40-37-,44-41-. The summed E-state index contributed by atoms with van der Waals surface area (Å²) in [4.78, 5) is 38.4. The highest BCUT2D eigenvalue weighted by molar-refractivity contribution is 5.71. The first-order chi connectivity index (χ1) is 38.5. The van der Waals surface area contributed by atoms with Gasteiger partial charge in [-0.15, -0.1) is 0 Å². The normalized spacial score (nSPS) is 12.8. The molecule has 6 heteroatoms. The van der Waals surface area contributed by atoms with Crippen LogP contribution in [-0.2, 0) is 28.6 Å². The Balaban J connectivity index is 4.44. The van der Waals surface area contributed by atoms with Crippen molar-refractivity contribution in [1.82, 2.24) is 0 Å². The molecule has 78 heavy (non-hydrogen) atoms. The average Bonchev–Trinajstić information content (AvgIpc) is 3.44. The van der Waals surface area contributed by atoms with E-state index in [4.69, 9.17) is 14.2 Å². The Labute approximate surface area is 482 Å². The van der Waals surface area contributed by atoms with E-state index in [-0.39, 0.29) is 31.1 Å². The Morgan fingerprint density at radius 3 is 0.782 bits per heavy atom. The molecule has 0 aliphatic rings. The van der Waals surface area contributed by atoms with E-state index in [1.54, 1.807) is 0 Å². The van der Waals surface area contributed by atoms with E-state index in [2.05, 4.69) is 130 Å². The lowest BCUT2D eigenvalue weighted by atomic mass is 10.0. The molecule has 446 valence electrons. The predicted molar refractivity (Wildman–Crippen MR) is 339 cm³/mol. The highest BCUT2D eigenvalue weighted by Crippen LogP contribution is 2.17. The lowest BCUT2D eigenvalue weighted by molar-refractivity contribution is -0.167. The molecule has 6 nitrogen and oxygen atoms in total. The van der Waals surface area contributed by atoms with Gasteiger partial charge < -0.3 is 14.2 Å². The maximum Gasteiger partial charge on any atom is 0.306 e. The second-order valence-corrected chi connectivity index (χ2v) is 21.6. The Morgan fingerprint density at radius 1 is 0.269 bits per heavy atom. The van der Waals surface area contributed by atoms with E-state index in [0.717, 1.165) is 148 Å². The number of rotatable bonds is 59. The van der Waals surface area contributed by atoms with Gasteiger partial charge in [0.2, 0.25) is 0 Å². The second kappa shape index (κ2) is 65.6. The molecule has 0 aromatic heterocycles. The third-order valence-electron chi connectivity index (χ3n) is 14.0. The largest absolute Gasteiger partial charge is 0.462 e. The summed E-state index contributed by atoms with van der Waals surface area (Å²) in [6, 6.07) is 0. The summed E-state index contributed by atoms with van der Waals surface area (Å²) < 4.78 is 16.9. The molecular weight excluding hydrogens is 961 g/mol. The fraction of sp³-hybridized carbons (Fsp3) is 0.708. The highest BCUT2D eigenvalue weighted by Gasteiger charge is 2.19. The summed E-state index contributed by atoms with van der Waals surface area (Å²) in [5.74, 6) is -0.910. The van der Waals surface area contributed by atoms with Gasteiger partial charge in [-0.1, -0.05) is 297 Å². The molecule has 0 fully saturated rings. The van der Waals surface area contributed by atoms with Crippen LogP contribution in [0.3, 0.4) is 0 Å². The predicted octanol–water partition coefficient (Wildman–Crippen LogP) is 22.6. The minimum Gasteiger partial charge on any atom is -0.462 e. The molecular formula is C72H122O6. The Morgan fingerprint density at radius 2 is 0.500 bits per heavy atom. The molecule has 0 aromatic rings. The number of hydrogen-bond acceptors (Lipinski definition) is 6. The van der Waals surface area contributed by atoms with E-state index in [0.29, 0.717) is 19.3 Å². The van der Waals surface area contributed by atoms with Crippen molar-refractivity contribution < 1.29 is 28.6 Å². The summed E-state index contributed by atoms with van der Waals surface area (Å²) in [5, 5.41) is 0. The van der Waals surface area contributed by atoms with Crippen LogP contribution in [-0.4, -0.2) is 37.2 Å². The molecule has 0 bridgehead atoms. The minimum atomic E-state index is -0.795. The van der Waals surface area contributed by atoms with Crippen LogP contribution in [0.4, 0.5) is 0 Å². The third-order valence-corrected chi connectivity index (χ3v) is 14.0. The summed E-state index contributed by atoms with van der Waals surface area (Å²) in [5.41, 5.74) is 0. The van der Waals surface area contributed by atoms with Crippen LogP contribution in [0.5, 0.6) is 0 Å². The van der Waals surface area contributed by atoms with E-state index < -0.39 is 6.10 Å². The number of allylic oxidation sites excluding steroid dienone is 18.